The van der Waals surface area contributed by atoms with E-state index in [1.54, 1.807) is 6.07 Å². The summed E-state index contributed by atoms with van der Waals surface area (Å²) in [5, 5.41) is 18.0. The molecule has 150 valence electrons. The molecule has 2 atom stereocenters. The van der Waals surface area contributed by atoms with Gasteiger partial charge in [-0.25, -0.2) is 20.0 Å². The van der Waals surface area contributed by atoms with Gasteiger partial charge in [-0.2, -0.15) is 5.10 Å². The van der Waals surface area contributed by atoms with Gasteiger partial charge in [-0.3, -0.25) is 19.6 Å². The average molecular weight is 388 g/mol. The van der Waals surface area contributed by atoms with Crippen molar-refractivity contribution in [1.29, 1.82) is 0 Å². The number of carbonyl (C=O) groups excluding carboxylic acids is 3. The van der Waals surface area contributed by atoms with Crippen molar-refractivity contribution in [2.75, 3.05) is 11.9 Å². The SMILES string of the molecule is O=CN(O)CC(CC1CCCC1)C(=O)N1N=CCC1C(=O)Nc1ccncn1. The number of amides is 3. The van der Waals surface area contributed by atoms with E-state index in [9.17, 15) is 19.6 Å². The summed E-state index contributed by atoms with van der Waals surface area (Å²) in [7, 11) is 0. The Hall–Kier alpha value is -2.88. The summed E-state index contributed by atoms with van der Waals surface area (Å²) in [6.07, 6.45) is 9.74. The van der Waals surface area contributed by atoms with E-state index in [2.05, 4.69) is 20.4 Å². The number of rotatable bonds is 8. The van der Waals surface area contributed by atoms with Crippen LogP contribution in [0.25, 0.3) is 0 Å². The van der Waals surface area contributed by atoms with Gasteiger partial charge in [0.2, 0.25) is 12.3 Å². The number of aromatic nitrogens is 2. The lowest BCUT2D eigenvalue weighted by Crippen LogP contribution is -2.46. The maximum absolute atomic E-state index is 13.1. The number of nitrogens with zero attached hydrogens (tertiary/aromatic N) is 5. The Balaban J connectivity index is 1.69. The third-order valence-electron chi connectivity index (χ3n) is 5.16. The standard InChI is InChI=1S/C18H24N6O4/c25-12-23(28)10-14(9-13-3-1-2-4-13)18(27)24-15(5-8-21-24)17(26)22-16-6-7-19-11-20-16/h6-8,11-15,28H,1-5,9-10H2,(H,19,20,22,26). The first-order valence-electron chi connectivity index (χ1n) is 9.41. The average Bonchev–Trinajstić information content (AvgIpc) is 3.39. The van der Waals surface area contributed by atoms with Crippen LogP contribution in [0.1, 0.15) is 38.5 Å². The molecule has 10 heteroatoms. The number of nitrogens with one attached hydrogen (secondary N) is 1. The topological polar surface area (TPSA) is 128 Å². The van der Waals surface area contributed by atoms with Gasteiger partial charge in [0.1, 0.15) is 18.2 Å². The predicted octanol–water partition coefficient (Wildman–Crippen LogP) is 1.05. The van der Waals surface area contributed by atoms with Gasteiger partial charge >= 0.3 is 0 Å². The molecule has 1 aromatic rings. The van der Waals surface area contributed by atoms with Crippen molar-refractivity contribution in [2.24, 2.45) is 16.9 Å². The van der Waals surface area contributed by atoms with E-state index in [4.69, 9.17) is 0 Å². The first kappa shape index (κ1) is 19.9. The van der Waals surface area contributed by atoms with Crippen LogP contribution in [0.2, 0.25) is 0 Å². The van der Waals surface area contributed by atoms with Crippen LogP contribution in [0.3, 0.4) is 0 Å². The number of hydroxylamine groups is 2. The molecule has 3 rings (SSSR count). The van der Waals surface area contributed by atoms with Crippen LogP contribution in [0.15, 0.2) is 23.7 Å². The lowest BCUT2D eigenvalue weighted by atomic mass is 9.92. The summed E-state index contributed by atoms with van der Waals surface area (Å²) in [4.78, 5) is 44.3. The molecule has 2 heterocycles. The quantitative estimate of drug-likeness (QED) is 0.389. The van der Waals surface area contributed by atoms with Crippen LogP contribution in [0, 0.1) is 11.8 Å². The fourth-order valence-corrected chi connectivity index (χ4v) is 3.78. The summed E-state index contributed by atoms with van der Waals surface area (Å²) in [6, 6.07) is 0.758. The minimum absolute atomic E-state index is 0.120. The first-order valence-corrected chi connectivity index (χ1v) is 9.41. The van der Waals surface area contributed by atoms with E-state index < -0.39 is 17.9 Å². The molecule has 3 amide bonds. The van der Waals surface area contributed by atoms with Crippen LogP contribution in [-0.2, 0) is 14.4 Å². The first-order chi connectivity index (χ1) is 13.6. The van der Waals surface area contributed by atoms with E-state index >= 15 is 0 Å². The number of hydrazone groups is 1. The highest BCUT2D eigenvalue weighted by molar-refractivity contribution is 5.99. The van der Waals surface area contributed by atoms with E-state index in [1.807, 2.05) is 0 Å². The van der Waals surface area contributed by atoms with Gasteiger partial charge in [-0.05, 0) is 18.4 Å². The number of anilines is 1. The molecule has 0 aromatic carbocycles. The summed E-state index contributed by atoms with van der Waals surface area (Å²) >= 11 is 0. The van der Waals surface area contributed by atoms with Crippen molar-refractivity contribution in [3.63, 3.8) is 0 Å². The second-order valence-corrected chi connectivity index (χ2v) is 7.13. The Morgan fingerprint density at radius 2 is 2.18 bits per heavy atom. The minimum atomic E-state index is -0.795. The Kier molecular flexibility index (Phi) is 6.64. The summed E-state index contributed by atoms with van der Waals surface area (Å²) in [5.41, 5.74) is 0. The molecule has 1 aromatic heterocycles. The molecular formula is C18H24N6O4. The molecule has 2 unspecified atom stereocenters. The third kappa shape index (κ3) is 4.89. The number of hydrogen-bond acceptors (Lipinski definition) is 7. The molecule has 2 aliphatic rings. The van der Waals surface area contributed by atoms with E-state index in [-0.39, 0.29) is 25.3 Å². The Labute approximate surface area is 162 Å². The van der Waals surface area contributed by atoms with Gasteiger partial charge in [-0.1, -0.05) is 25.7 Å². The van der Waals surface area contributed by atoms with Crippen molar-refractivity contribution in [3.8, 4) is 0 Å². The minimum Gasteiger partial charge on any atom is -0.309 e. The maximum Gasteiger partial charge on any atom is 0.250 e. The van der Waals surface area contributed by atoms with Gasteiger partial charge in [0.05, 0.1) is 12.5 Å². The second kappa shape index (κ2) is 9.36. The molecule has 0 spiro atoms. The van der Waals surface area contributed by atoms with Crippen LogP contribution in [0.4, 0.5) is 5.82 Å². The lowest BCUT2D eigenvalue weighted by molar-refractivity contribution is -0.158. The van der Waals surface area contributed by atoms with Crippen molar-refractivity contribution in [3.05, 3.63) is 18.6 Å². The van der Waals surface area contributed by atoms with Gasteiger partial charge in [0.15, 0.2) is 0 Å². The largest absolute Gasteiger partial charge is 0.309 e. The maximum atomic E-state index is 13.1. The van der Waals surface area contributed by atoms with Crippen molar-refractivity contribution >= 4 is 30.3 Å². The predicted molar refractivity (Wildman–Crippen MR) is 99.0 cm³/mol. The molecule has 0 saturated heterocycles. The van der Waals surface area contributed by atoms with Crippen molar-refractivity contribution in [2.45, 2.75) is 44.6 Å². The number of carbonyl (C=O) groups is 3. The van der Waals surface area contributed by atoms with Gasteiger partial charge in [0, 0.05) is 18.8 Å². The summed E-state index contributed by atoms with van der Waals surface area (Å²) in [6.45, 7) is -0.120. The molecule has 1 aliphatic carbocycles. The van der Waals surface area contributed by atoms with Crippen LogP contribution in [0.5, 0.6) is 0 Å². The van der Waals surface area contributed by atoms with E-state index in [0.29, 0.717) is 23.2 Å². The zero-order chi connectivity index (χ0) is 19.9. The van der Waals surface area contributed by atoms with Crippen molar-refractivity contribution < 1.29 is 19.6 Å². The highest BCUT2D eigenvalue weighted by Gasteiger charge is 2.38. The van der Waals surface area contributed by atoms with Crippen molar-refractivity contribution in [1.82, 2.24) is 20.0 Å². The molecule has 2 N–H and O–H groups in total. The zero-order valence-corrected chi connectivity index (χ0v) is 15.5. The highest BCUT2D eigenvalue weighted by Crippen LogP contribution is 2.32. The fraction of sp³-hybridized carbons (Fsp3) is 0.556. The highest BCUT2D eigenvalue weighted by atomic mass is 16.5. The van der Waals surface area contributed by atoms with E-state index in [0.717, 1.165) is 30.7 Å². The van der Waals surface area contributed by atoms with Gasteiger partial charge in [0.25, 0.3) is 5.91 Å². The fourth-order valence-electron chi connectivity index (χ4n) is 3.78. The second-order valence-electron chi connectivity index (χ2n) is 7.13. The van der Waals surface area contributed by atoms with Crippen LogP contribution < -0.4 is 5.32 Å². The Morgan fingerprint density at radius 1 is 1.39 bits per heavy atom. The molecule has 28 heavy (non-hydrogen) atoms. The van der Waals surface area contributed by atoms with Crippen LogP contribution >= 0.6 is 0 Å². The monoisotopic (exact) mass is 388 g/mol. The smallest absolute Gasteiger partial charge is 0.250 e. The van der Waals surface area contributed by atoms with Crippen LogP contribution in [-0.4, -0.2) is 62.3 Å². The van der Waals surface area contributed by atoms with Gasteiger partial charge < -0.3 is 5.32 Å². The third-order valence-corrected chi connectivity index (χ3v) is 5.16. The molecule has 10 nitrogen and oxygen atoms in total. The molecule has 1 fully saturated rings. The van der Waals surface area contributed by atoms with E-state index in [1.165, 1.54) is 18.7 Å². The summed E-state index contributed by atoms with van der Waals surface area (Å²) < 4.78 is 0. The molecular weight excluding hydrogens is 364 g/mol. The normalized spacial score (nSPS) is 20.2. The number of hydrogen-bond donors (Lipinski definition) is 2. The zero-order valence-electron chi connectivity index (χ0n) is 15.5. The molecule has 1 aliphatic heterocycles. The molecule has 1 saturated carbocycles. The van der Waals surface area contributed by atoms with Gasteiger partial charge in [-0.15, -0.1) is 0 Å². The molecule has 0 bridgehead atoms. The lowest BCUT2D eigenvalue weighted by Gasteiger charge is -2.28. The Morgan fingerprint density at radius 3 is 2.86 bits per heavy atom. The Bertz CT molecular complexity index is 722. The molecule has 0 radical (unpaired) electrons. The summed E-state index contributed by atoms with van der Waals surface area (Å²) in [5.74, 6) is -0.689.